The third-order valence-corrected chi connectivity index (χ3v) is 3.55. The van der Waals surface area contributed by atoms with Crippen LogP contribution in [0.25, 0.3) is 33.2 Å². The maximum atomic E-state index is 9.28. The SMILES string of the molecule is N#Cc1cc(-c2ccccn2)c2oc3ccccc3c2c1. The highest BCUT2D eigenvalue weighted by molar-refractivity contribution is 6.09. The molecule has 0 amide bonds. The molecule has 0 saturated heterocycles. The van der Waals surface area contributed by atoms with Crippen molar-refractivity contribution in [3.05, 3.63) is 66.4 Å². The van der Waals surface area contributed by atoms with E-state index in [9.17, 15) is 5.26 Å². The highest BCUT2D eigenvalue weighted by Crippen LogP contribution is 2.35. The van der Waals surface area contributed by atoms with E-state index in [-0.39, 0.29) is 0 Å². The molecule has 0 aliphatic carbocycles. The van der Waals surface area contributed by atoms with Crippen LogP contribution in [-0.4, -0.2) is 4.98 Å². The van der Waals surface area contributed by atoms with Crippen LogP contribution in [0.1, 0.15) is 5.56 Å². The summed E-state index contributed by atoms with van der Waals surface area (Å²) in [4.78, 5) is 4.38. The number of aromatic nitrogens is 1. The van der Waals surface area contributed by atoms with Gasteiger partial charge in [0, 0.05) is 22.5 Å². The summed E-state index contributed by atoms with van der Waals surface area (Å²) in [6, 6.07) is 19.5. The van der Waals surface area contributed by atoms with E-state index in [1.165, 1.54) is 0 Å². The van der Waals surface area contributed by atoms with Gasteiger partial charge in [0.1, 0.15) is 11.2 Å². The molecule has 0 spiro atoms. The van der Waals surface area contributed by atoms with Crippen LogP contribution >= 0.6 is 0 Å². The van der Waals surface area contributed by atoms with Gasteiger partial charge in [0.25, 0.3) is 0 Å². The first-order valence-corrected chi connectivity index (χ1v) is 6.63. The van der Waals surface area contributed by atoms with Gasteiger partial charge in [0.05, 0.1) is 17.3 Å². The quantitative estimate of drug-likeness (QED) is 0.511. The number of furan rings is 1. The minimum Gasteiger partial charge on any atom is -0.455 e. The molecular weight excluding hydrogens is 260 g/mol. The first kappa shape index (κ1) is 11.7. The fourth-order valence-corrected chi connectivity index (χ4v) is 2.60. The molecule has 3 nitrogen and oxygen atoms in total. The Morgan fingerprint density at radius 3 is 2.62 bits per heavy atom. The molecule has 0 fully saturated rings. The van der Waals surface area contributed by atoms with Gasteiger partial charge in [-0.05, 0) is 30.3 Å². The molecule has 0 saturated carbocycles. The average molecular weight is 270 g/mol. The second kappa shape index (κ2) is 4.46. The normalized spacial score (nSPS) is 10.8. The van der Waals surface area contributed by atoms with E-state index in [0.29, 0.717) is 5.56 Å². The molecule has 0 aliphatic heterocycles. The van der Waals surface area contributed by atoms with Gasteiger partial charge in [-0.1, -0.05) is 24.3 Å². The van der Waals surface area contributed by atoms with Crippen LogP contribution in [0, 0.1) is 11.3 Å². The Hall–Kier alpha value is -3.12. The Morgan fingerprint density at radius 2 is 1.81 bits per heavy atom. The van der Waals surface area contributed by atoms with Gasteiger partial charge >= 0.3 is 0 Å². The second-order valence-corrected chi connectivity index (χ2v) is 4.83. The van der Waals surface area contributed by atoms with E-state index < -0.39 is 0 Å². The first-order chi connectivity index (χ1) is 10.4. The third-order valence-electron chi connectivity index (χ3n) is 3.55. The first-order valence-electron chi connectivity index (χ1n) is 6.63. The monoisotopic (exact) mass is 270 g/mol. The van der Waals surface area contributed by atoms with Crippen LogP contribution in [0.5, 0.6) is 0 Å². The molecule has 3 heteroatoms. The van der Waals surface area contributed by atoms with Gasteiger partial charge in [-0.25, -0.2) is 0 Å². The molecule has 0 bridgehead atoms. The van der Waals surface area contributed by atoms with Crippen molar-refractivity contribution in [3.63, 3.8) is 0 Å². The Kier molecular flexibility index (Phi) is 2.48. The van der Waals surface area contributed by atoms with E-state index in [1.54, 1.807) is 6.20 Å². The number of hydrogen-bond donors (Lipinski definition) is 0. The average Bonchev–Trinajstić information content (AvgIpc) is 2.93. The Labute approximate surface area is 121 Å². The van der Waals surface area contributed by atoms with Crippen LogP contribution in [0.2, 0.25) is 0 Å². The second-order valence-electron chi connectivity index (χ2n) is 4.83. The number of pyridine rings is 1. The van der Waals surface area contributed by atoms with Crippen LogP contribution in [0.15, 0.2) is 65.2 Å². The van der Waals surface area contributed by atoms with E-state index in [4.69, 9.17) is 4.42 Å². The van der Waals surface area contributed by atoms with Crippen LogP contribution in [0.4, 0.5) is 0 Å². The van der Waals surface area contributed by atoms with Gasteiger partial charge in [-0.15, -0.1) is 0 Å². The lowest BCUT2D eigenvalue weighted by atomic mass is 10.0. The van der Waals surface area contributed by atoms with Gasteiger partial charge in [-0.3, -0.25) is 4.98 Å². The van der Waals surface area contributed by atoms with Gasteiger partial charge in [0.15, 0.2) is 0 Å². The number of nitriles is 1. The van der Waals surface area contributed by atoms with Crippen LogP contribution in [-0.2, 0) is 0 Å². The Morgan fingerprint density at radius 1 is 0.952 bits per heavy atom. The molecule has 0 radical (unpaired) electrons. The van der Waals surface area contributed by atoms with E-state index in [2.05, 4.69) is 11.1 Å². The van der Waals surface area contributed by atoms with Crippen LogP contribution in [0.3, 0.4) is 0 Å². The fourth-order valence-electron chi connectivity index (χ4n) is 2.60. The van der Waals surface area contributed by atoms with Crippen molar-refractivity contribution < 1.29 is 4.42 Å². The number of para-hydroxylation sites is 1. The lowest BCUT2D eigenvalue weighted by Crippen LogP contribution is -1.85. The van der Waals surface area contributed by atoms with Crippen molar-refractivity contribution in [2.45, 2.75) is 0 Å². The molecule has 0 aliphatic rings. The van der Waals surface area contributed by atoms with E-state index in [0.717, 1.165) is 33.2 Å². The number of hydrogen-bond acceptors (Lipinski definition) is 3. The fraction of sp³-hybridized carbons (Fsp3) is 0. The zero-order chi connectivity index (χ0) is 14.2. The van der Waals surface area contributed by atoms with Crippen molar-refractivity contribution in [3.8, 4) is 17.3 Å². The van der Waals surface area contributed by atoms with Gasteiger partial charge < -0.3 is 4.42 Å². The highest BCUT2D eigenvalue weighted by atomic mass is 16.3. The summed E-state index contributed by atoms with van der Waals surface area (Å²) in [6.45, 7) is 0. The van der Waals surface area contributed by atoms with E-state index >= 15 is 0 Å². The molecule has 0 unspecified atom stereocenters. The lowest BCUT2D eigenvalue weighted by molar-refractivity contribution is 0.670. The van der Waals surface area contributed by atoms with Crippen molar-refractivity contribution >= 4 is 21.9 Å². The number of fused-ring (bicyclic) bond motifs is 3. The maximum Gasteiger partial charge on any atom is 0.144 e. The van der Waals surface area contributed by atoms with Crippen molar-refractivity contribution in [2.75, 3.05) is 0 Å². The number of benzene rings is 2. The standard InChI is InChI=1S/C18H10N2O/c19-11-12-9-14-13-5-1-2-7-17(13)21-18(14)15(10-12)16-6-3-4-8-20-16/h1-10H. The zero-order valence-corrected chi connectivity index (χ0v) is 11.1. The largest absolute Gasteiger partial charge is 0.455 e. The topological polar surface area (TPSA) is 49.8 Å². The molecule has 2 aromatic heterocycles. The van der Waals surface area contributed by atoms with Crippen molar-refractivity contribution in [2.24, 2.45) is 0 Å². The Balaban J connectivity index is 2.17. The molecule has 2 aromatic carbocycles. The van der Waals surface area contributed by atoms with Gasteiger partial charge in [0.2, 0.25) is 0 Å². The Bertz CT molecular complexity index is 994. The molecule has 0 N–H and O–H groups in total. The summed E-state index contributed by atoms with van der Waals surface area (Å²) in [5.41, 5.74) is 3.85. The highest BCUT2D eigenvalue weighted by Gasteiger charge is 2.14. The van der Waals surface area contributed by atoms with Crippen molar-refractivity contribution in [1.29, 1.82) is 5.26 Å². The molecule has 21 heavy (non-hydrogen) atoms. The smallest absolute Gasteiger partial charge is 0.144 e. The zero-order valence-electron chi connectivity index (χ0n) is 11.1. The summed E-state index contributed by atoms with van der Waals surface area (Å²) < 4.78 is 5.99. The molecule has 2 heterocycles. The summed E-state index contributed by atoms with van der Waals surface area (Å²) in [5, 5.41) is 11.2. The molecular formula is C18H10N2O. The van der Waals surface area contributed by atoms with E-state index in [1.807, 2.05) is 54.6 Å². The molecule has 4 rings (SSSR count). The molecule has 4 aromatic rings. The summed E-state index contributed by atoms with van der Waals surface area (Å²) in [7, 11) is 0. The van der Waals surface area contributed by atoms with Crippen molar-refractivity contribution in [1.82, 2.24) is 4.98 Å². The minimum absolute atomic E-state index is 0.606. The lowest BCUT2D eigenvalue weighted by Gasteiger charge is -2.02. The summed E-state index contributed by atoms with van der Waals surface area (Å²) >= 11 is 0. The molecule has 98 valence electrons. The number of rotatable bonds is 1. The summed E-state index contributed by atoms with van der Waals surface area (Å²) in [5.74, 6) is 0. The molecule has 0 atom stereocenters. The van der Waals surface area contributed by atoms with Gasteiger partial charge in [-0.2, -0.15) is 5.26 Å². The third kappa shape index (κ3) is 1.78. The van der Waals surface area contributed by atoms with Crippen LogP contribution < -0.4 is 0 Å². The predicted octanol–water partition coefficient (Wildman–Crippen LogP) is 4.52. The predicted molar refractivity (Wildman–Crippen MR) is 81.7 cm³/mol. The number of nitrogens with zero attached hydrogens (tertiary/aromatic N) is 2. The summed E-state index contributed by atoms with van der Waals surface area (Å²) in [6.07, 6.45) is 1.74. The maximum absolute atomic E-state index is 9.28. The minimum atomic E-state index is 0.606.